The van der Waals surface area contributed by atoms with Crippen LogP contribution in [0.2, 0.25) is 0 Å². The number of anilines is 2. The van der Waals surface area contributed by atoms with E-state index >= 15 is 0 Å². The molecule has 3 aromatic carbocycles. The zero-order chi connectivity index (χ0) is 32.7. The van der Waals surface area contributed by atoms with E-state index in [1.807, 2.05) is 42.5 Å². The largest absolute Gasteiger partial charge is 0.336 e. The highest BCUT2D eigenvalue weighted by molar-refractivity contribution is 7.17. The van der Waals surface area contributed by atoms with Crippen LogP contribution in [0.15, 0.2) is 84.2 Å². The van der Waals surface area contributed by atoms with Gasteiger partial charge in [-0.3, -0.25) is 10.1 Å². The van der Waals surface area contributed by atoms with Crippen LogP contribution in [0, 0.1) is 12.8 Å². The number of piperidine rings is 1. The summed E-state index contributed by atoms with van der Waals surface area (Å²) >= 11 is 1.73. The summed E-state index contributed by atoms with van der Waals surface area (Å²) in [5.41, 5.74) is 5.96. The second-order valence-corrected chi connectivity index (χ2v) is 15.3. The molecule has 5 aromatic rings. The zero-order valence-corrected chi connectivity index (χ0v) is 28.4. The fraction of sp³-hybridized carbons (Fsp3) is 0.359. The van der Waals surface area contributed by atoms with Crippen molar-refractivity contribution < 1.29 is 9.59 Å². The Labute approximate surface area is 281 Å². The number of thiophene rings is 1. The van der Waals surface area contributed by atoms with Gasteiger partial charge in [-0.1, -0.05) is 68.8 Å². The molecule has 2 aliphatic heterocycles. The van der Waals surface area contributed by atoms with Gasteiger partial charge in [0.25, 0.3) is 0 Å². The number of hydrogen-bond acceptors (Lipinski definition) is 4. The number of aryl methyl sites for hydroxylation is 1. The molecule has 2 bridgehead atoms. The molecule has 242 valence electrons. The van der Waals surface area contributed by atoms with Gasteiger partial charge >= 0.3 is 6.03 Å². The fourth-order valence-corrected chi connectivity index (χ4v) is 8.31. The van der Waals surface area contributed by atoms with E-state index in [1.165, 1.54) is 21.2 Å². The van der Waals surface area contributed by atoms with Gasteiger partial charge in [-0.2, -0.15) is 5.10 Å². The molecule has 0 saturated carbocycles. The van der Waals surface area contributed by atoms with E-state index in [1.54, 1.807) is 16.0 Å². The van der Waals surface area contributed by atoms with Crippen LogP contribution in [-0.4, -0.2) is 38.7 Å². The summed E-state index contributed by atoms with van der Waals surface area (Å²) in [5, 5.41) is 14.2. The van der Waals surface area contributed by atoms with Crippen LogP contribution >= 0.6 is 11.3 Å². The van der Waals surface area contributed by atoms with Crippen molar-refractivity contribution in [2.24, 2.45) is 5.92 Å². The fourth-order valence-electron chi connectivity index (χ4n) is 7.34. The van der Waals surface area contributed by atoms with Crippen LogP contribution in [0.4, 0.5) is 16.3 Å². The lowest BCUT2D eigenvalue weighted by atomic mass is 9.85. The van der Waals surface area contributed by atoms with Crippen molar-refractivity contribution in [1.82, 2.24) is 14.7 Å². The molecule has 0 aliphatic carbocycles. The smallest absolute Gasteiger partial charge is 0.324 e. The van der Waals surface area contributed by atoms with Gasteiger partial charge in [-0.25, -0.2) is 9.48 Å². The predicted molar refractivity (Wildman–Crippen MR) is 192 cm³/mol. The summed E-state index contributed by atoms with van der Waals surface area (Å²) in [6.07, 6.45) is 5.81. The van der Waals surface area contributed by atoms with E-state index in [4.69, 9.17) is 5.10 Å². The molecule has 2 fully saturated rings. The number of carbonyl (C=O) groups excluding carboxylic acids is 2. The van der Waals surface area contributed by atoms with Gasteiger partial charge in [-0.15, -0.1) is 11.3 Å². The van der Waals surface area contributed by atoms with E-state index in [0.717, 1.165) is 54.7 Å². The van der Waals surface area contributed by atoms with Gasteiger partial charge < -0.3 is 10.2 Å². The molecular weight excluding hydrogens is 603 g/mol. The standard InChI is InChI=1S/C39H43N5O2S/c1-25-9-15-30(16-10-25)44-36(23-35(42-44)39(2,3)4)41-38(46)40-29-13-11-26(12-14-29)19-27-20-31-17-18-32(21-27)43(31)37(45)22-28-24-47-34-8-6-5-7-33(28)34/h5-16,23-24,27,31-32H,17-22H2,1-4H3,(H2,40,41,46). The molecule has 3 amide bonds. The number of aromatic nitrogens is 2. The highest BCUT2D eigenvalue weighted by atomic mass is 32.1. The number of fused-ring (bicyclic) bond motifs is 3. The lowest BCUT2D eigenvalue weighted by Gasteiger charge is -2.39. The average Bonchev–Trinajstić information content (AvgIpc) is 3.73. The molecule has 8 heteroatoms. The summed E-state index contributed by atoms with van der Waals surface area (Å²) in [6, 6.07) is 27.0. The van der Waals surface area contributed by atoms with E-state index in [-0.39, 0.29) is 17.4 Å². The molecule has 2 aliphatic rings. The number of rotatable bonds is 7. The van der Waals surface area contributed by atoms with Crippen LogP contribution < -0.4 is 10.6 Å². The van der Waals surface area contributed by atoms with E-state index in [0.29, 0.717) is 30.2 Å². The van der Waals surface area contributed by atoms with Crippen LogP contribution in [0.5, 0.6) is 0 Å². The Balaban J connectivity index is 0.955. The molecular formula is C39H43N5O2S. The lowest BCUT2D eigenvalue weighted by molar-refractivity contribution is -0.135. The number of carbonyl (C=O) groups is 2. The minimum Gasteiger partial charge on any atom is -0.336 e. The van der Waals surface area contributed by atoms with E-state index in [2.05, 4.69) is 85.0 Å². The van der Waals surface area contributed by atoms with Gasteiger partial charge in [0, 0.05) is 34.0 Å². The second kappa shape index (κ2) is 12.6. The molecule has 2 unspecified atom stereocenters. The zero-order valence-electron chi connectivity index (χ0n) is 27.6. The van der Waals surface area contributed by atoms with E-state index in [9.17, 15) is 9.59 Å². The highest BCUT2D eigenvalue weighted by Crippen LogP contribution is 2.41. The first-order chi connectivity index (χ1) is 22.6. The molecule has 7 rings (SSSR count). The quantitative estimate of drug-likeness (QED) is 0.186. The average molecular weight is 646 g/mol. The Morgan fingerprint density at radius 3 is 2.32 bits per heavy atom. The Morgan fingerprint density at radius 1 is 0.915 bits per heavy atom. The number of amides is 3. The summed E-state index contributed by atoms with van der Waals surface area (Å²) < 4.78 is 3.04. The molecule has 7 nitrogen and oxygen atoms in total. The Hall–Kier alpha value is -4.43. The molecule has 47 heavy (non-hydrogen) atoms. The Morgan fingerprint density at radius 2 is 1.62 bits per heavy atom. The van der Waals surface area contributed by atoms with E-state index < -0.39 is 0 Å². The van der Waals surface area contributed by atoms with Crippen LogP contribution in [0.3, 0.4) is 0 Å². The number of nitrogens with zero attached hydrogens (tertiary/aromatic N) is 3. The molecule has 2 saturated heterocycles. The molecule has 2 aromatic heterocycles. The van der Waals surface area contributed by atoms with Gasteiger partial charge in [-0.05, 0) is 97.2 Å². The van der Waals surface area contributed by atoms with Gasteiger partial charge in [0.1, 0.15) is 5.82 Å². The minimum absolute atomic E-state index is 0.163. The summed E-state index contributed by atoms with van der Waals surface area (Å²) in [5.74, 6) is 1.46. The number of nitrogens with one attached hydrogen (secondary N) is 2. The van der Waals surface area contributed by atoms with Gasteiger partial charge in [0.05, 0.1) is 17.8 Å². The van der Waals surface area contributed by atoms with Crippen molar-refractivity contribution in [3.63, 3.8) is 0 Å². The van der Waals surface area contributed by atoms with Crippen LogP contribution in [0.25, 0.3) is 15.8 Å². The van der Waals surface area contributed by atoms with Crippen molar-refractivity contribution in [2.45, 2.75) is 83.7 Å². The number of benzene rings is 3. The molecule has 2 N–H and O–H groups in total. The molecule has 0 radical (unpaired) electrons. The second-order valence-electron chi connectivity index (χ2n) is 14.3. The van der Waals surface area contributed by atoms with Crippen molar-refractivity contribution in [2.75, 3.05) is 10.6 Å². The predicted octanol–water partition coefficient (Wildman–Crippen LogP) is 8.89. The minimum atomic E-state index is -0.310. The Bertz CT molecular complexity index is 1890. The monoisotopic (exact) mass is 645 g/mol. The van der Waals surface area contributed by atoms with Crippen molar-refractivity contribution in [1.29, 1.82) is 0 Å². The summed E-state index contributed by atoms with van der Waals surface area (Å²) in [7, 11) is 0. The third-order valence-corrected chi connectivity index (χ3v) is 10.8. The van der Waals surface area contributed by atoms with Crippen molar-refractivity contribution in [3.8, 4) is 5.69 Å². The third-order valence-electron chi connectivity index (χ3n) is 9.76. The van der Waals surface area contributed by atoms with Gasteiger partial charge in [0.15, 0.2) is 0 Å². The molecule has 2 atom stereocenters. The maximum atomic E-state index is 13.5. The van der Waals surface area contributed by atoms with Crippen molar-refractivity contribution >= 4 is 44.9 Å². The highest BCUT2D eigenvalue weighted by Gasteiger charge is 2.43. The number of hydrogen-bond donors (Lipinski definition) is 2. The maximum Gasteiger partial charge on any atom is 0.324 e. The normalized spacial score (nSPS) is 19.2. The first-order valence-electron chi connectivity index (χ1n) is 16.7. The third kappa shape index (κ3) is 6.70. The van der Waals surface area contributed by atoms with Gasteiger partial charge in [0.2, 0.25) is 5.91 Å². The SMILES string of the molecule is Cc1ccc(-n2nc(C(C)(C)C)cc2NC(=O)Nc2ccc(CC3CC4CCC(C3)N4C(=O)Cc3csc4ccccc34)cc2)cc1. The lowest BCUT2D eigenvalue weighted by Crippen LogP contribution is -2.47. The number of urea groups is 1. The Kier molecular flexibility index (Phi) is 8.39. The molecule has 4 heterocycles. The summed E-state index contributed by atoms with van der Waals surface area (Å²) in [6.45, 7) is 8.39. The van der Waals surface area contributed by atoms with Crippen molar-refractivity contribution in [3.05, 3.63) is 107 Å². The van der Waals surface area contributed by atoms with Crippen LogP contribution in [0.1, 0.15) is 68.8 Å². The first kappa shape index (κ1) is 31.2. The summed E-state index contributed by atoms with van der Waals surface area (Å²) in [4.78, 5) is 28.9. The maximum absolute atomic E-state index is 13.5. The topological polar surface area (TPSA) is 79.3 Å². The molecule has 0 spiro atoms. The van der Waals surface area contributed by atoms with Crippen LogP contribution in [-0.2, 0) is 23.1 Å². The first-order valence-corrected chi connectivity index (χ1v) is 17.6.